The molecule has 1 aliphatic heterocycles. The van der Waals surface area contributed by atoms with E-state index in [1.807, 2.05) is 18.2 Å². The van der Waals surface area contributed by atoms with E-state index in [1.165, 1.54) is 0 Å². The van der Waals surface area contributed by atoms with Gasteiger partial charge in [-0.3, -0.25) is 4.98 Å². The lowest BCUT2D eigenvalue weighted by Crippen LogP contribution is -2.28. The summed E-state index contributed by atoms with van der Waals surface area (Å²) in [5, 5.41) is 1.64. The summed E-state index contributed by atoms with van der Waals surface area (Å²) >= 11 is 6.17. The van der Waals surface area contributed by atoms with Gasteiger partial charge in [0.15, 0.2) is 0 Å². The van der Waals surface area contributed by atoms with E-state index in [-0.39, 0.29) is 0 Å². The summed E-state index contributed by atoms with van der Waals surface area (Å²) in [5.41, 5.74) is 10.2. The average Bonchev–Trinajstić information content (AvgIpc) is 2.32. The topological polar surface area (TPSA) is 42.2 Å². The Morgan fingerprint density at radius 3 is 3.06 bits per heavy atom. The Balaban J connectivity index is 2.33. The molecule has 0 spiro atoms. The van der Waals surface area contributed by atoms with Crippen molar-refractivity contribution < 1.29 is 0 Å². The maximum absolute atomic E-state index is 6.25. The summed E-state index contributed by atoms with van der Waals surface area (Å²) < 4.78 is 0. The van der Waals surface area contributed by atoms with Gasteiger partial charge in [0.1, 0.15) is 0 Å². The van der Waals surface area contributed by atoms with Crippen molar-refractivity contribution in [1.29, 1.82) is 0 Å². The van der Waals surface area contributed by atoms with Crippen LogP contribution in [0.5, 0.6) is 0 Å². The van der Waals surface area contributed by atoms with E-state index in [0.717, 1.165) is 47.4 Å². The number of hydrogen-bond donors (Lipinski definition) is 1. The molecule has 4 heteroatoms. The van der Waals surface area contributed by atoms with E-state index >= 15 is 0 Å². The van der Waals surface area contributed by atoms with Gasteiger partial charge >= 0.3 is 0 Å². The number of rotatable bonds is 0. The zero-order valence-electron chi connectivity index (χ0n) is 9.70. The van der Waals surface area contributed by atoms with E-state index in [2.05, 4.69) is 16.9 Å². The molecule has 0 aliphatic carbocycles. The molecule has 0 amide bonds. The van der Waals surface area contributed by atoms with Gasteiger partial charge in [-0.25, -0.2) is 0 Å². The second-order valence-corrected chi connectivity index (χ2v) is 4.98. The van der Waals surface area contributed by atoms with Gasteiger partial charge in [0.25, 0.3) is 0 Å². The lowest BCUT2D eigenvalue weighted by atomic mass is 10.0. The van der Waals surface area contributed by atoms with Crippen molar-refractivity contribution >= 4 is 28.2 Å². The highest BCUT2D eigenvalue weighted by molar-refractivity contribution is 6.35. The smallest absolute Gasteiger partial charge is 0.0912 e. The minimum Gasteiger partial charge on any atom is -0.398 e. The summed E-state index contributed by atoms with van der Waals surface area (Å²) in [6, 6.07) is 5.76. The van der Waals surface area contributed by atoms with Crippen LogP contribution in [0.1, 0.15) is 11.3 Å². The van der Waals surface area contributed by atoms with Crippen LogP contribution in [0.4, 0.5) is 5.69 Å². The number of pyridine rings is 1. The molecule has 2 N–H and O–H groups in total. The van der Waals surface area contributed by atoms with Gasteiger partial charge in [0.2, 0.25) is 0 Å². The Labute approximate surface area is 105 Å². The molecule has 88 valence electrons. The fourth-order valence-electron chi connectivity index (χ4n) is 2.40. The van der Waals surface area contributed by atoms with Crippen LogP contribution in [-0.4, -0.2) is 23.5 Å². The van der Waals surface area contributed by atoms with Gasteiger partial charge in [-0.05, 0) is 13.1 Å². The average molecular weight is 248 g/mol. The third-order valence-electron chi connectivity index (χ3n) is 3.36. The van der Waals surface area contributed by atoms with Gasteiger partial charge in [0, 0.05) is 41.8 Å². The normalized spacial score (nSPS) is 16.1. The van der Waals surface area contributed by atoms with Gasteiger partial charge in [-0.15, -0.1) is 0 Å². The fraction of sp³-hybridized carbons (Fsp3) is 0.308. The van der Waals surface area contributed by atoms with Crippen molar-refractivity contribution in [3.8, 4) is 0 Å². The highest BCUT2D eigenvalue weighted by Gasteiger charge is 2.19. The Morgan fingerprint density at radius 2 is 2.24 bits per heavy atom. The second kappa shape index (κ2) is 3.86. The number of anilines is 1. The number of benzene rings is 1. The SMILES string of the molecule is CN1CCc2nc3c(Cl)cccc3c(N)c2C1. The number of aromatic nitrogens is 1. The quantitative estimate of drug-likeness (QED) is 0.778. The molecule has 0 radical (unpaired) electrons. The van der Waals surface area contributed by atoms with Crippen LogP contribution in [0.25, 0.3) is 10.9 Å². The molecule has 0 saturated carbocycles. The number of nitrogen functional groups attached to an aromatic ring is 1. The van der Waals surface area contributed by atoms with Crippen molar-refractivity contribution in [1.82, 2.24) is 9.88 Å². The predicted molar refractivity (Wildman–Crippen MR) is 71.2 cm³/mol. The summed E-state index contributed by atoms with van der Waals surface area (Å²) in [7, 11) is 2.10. The Hall–Kier alpha value is -1.32. The molecule has 0 atom stereocenters. The third-order valence-corrected chi connectivity index (χ3v) is 3.66. The number of fused-ring (bicyclic) bond motifs is 2. The minimum absolute atomic E-state index is 0.677. The molecule has 3 nitrogen and oxygen atoms in total. The van der Waals surface area contributed by atoms with Gasteiger partial charge < -0.3 is 10.6 Å². The number of hydrogen-bond acceptors (Lipinski definition) is 3. The molecular formula is C13H14ClN3. The number of likely N-dealkylation sites (N-methyl/N-ethyl adjacent to an activating group) is 1. The summed E-state index contributed by atoms with van der Waals surface area (Å²) in [5.74, 6) is 0. The van der Waals surface area contributed by atoms with E-state index in [4.69, 9.17) is 17.3 Å². The monoisotopic (exact) mass is 247 g/mol. The molecule has 0 bridgehead atoms. The van der Waals surface area contributed by atoms with E-state index in [0.29, 0.717) is 5.02 Å². The minimum atomic E-state index is 0.677. The fourth-order valence-corrected chi connectivity index (χ4v) is 2.61. The van der Waals surface area contributed by atoms with Gasteiger partial charge in [-0.1, -0.05) is 23.7 Å². The van der Waals surface area contributed by atoms with Gasteiger partial charge in [0.05, 0.1) is 10.5 Å². The molecule has 1 aromatic carbocycles. The molecule has 1 aliphatic rings. The molecule has 0 unspecified atom stereocenters. The Morgan fingerprint density at radius 1 is 1.41 bits per heavy atom. The number of nitrogens with zero attached hydrogens (tertiary/aromatic N) is 2. The Bertz CT molecular complexity index is 595. The number of nitrogens with two attached hydrogens (primary N) is 1. The van der Waals surface area contributed by atoms with Crippen molar-refractivity contribution in [2.45, 2.75) is 13.0 Å². The standard InChI is InChI=1S/C13H14ClN3/c1-17-6-5-11-9(7-17)12(15)8-3-2-4-10(14)13(8)16-11/h2-4H,5-7H2,1H3,(H2,15,16). The van der Waals surface area contributed by atoms with Crippen LogP contribution in [0.2, 0.25) is 5.02 Å². The van der Waals surface area contributed by atoms with Crippen LogP contribution in [0.15, 0.2) is 18.2 Å². The highest BCUT2D eigenvalue weighted by Crippen LogP contribution is 2.32. The van der Waals surface area contributed by atoms with E-state index in [1.54, 1.807) is 0 Å². The van der Waals surface area contributed by atoms with Gasteiger partial charge in [-0.2, -0.15) is 0 Å². The molecule has 2 heterocycles. The van der Waals surface area contributed by atoms with E-state index < -0.39 is 0 Å². The predicted octanol–water partition coefficient (Wildman–Crippen LogP) is 2.46. The van der Waals surface area contributed by atoms with Crippen molar-refractivity contribution in [2.75, 3.05) is 19.3 Å². The first kappa shape index (κ1) is 10.8. The van der Waals surface area contributed by atoms with E-state index in [9.17, 15) is 0 Å². The highest BCUT2D eigenvalue weighted by atomic mass is 35.5. The van der Waals surface area contributed by atoms with Crippen LogP contribution in [0, 0.1) is 0 Å². The zero-order valence-corrected chi connectivity index (χ0v) is 10.5. The van der Waals surface area contributed by atoms with Crippen molar-refractivity contribution in [2.24, 2.45) is 0 Å². The first-order valence-electron chi connectivity index (χ1n) is 5.71. The molecule has 0 fully saturated rings. The lowest BCUT2D eigenvalue weighted by molar-refractivity contribution is 0.311. The zero-order chi connectivity index (χ0) is 12.0. The van der Waals surface area contributed by atoms with Crippen LogP contribution >= 0.6 is 11.6 Å². The lowest BCUT2D eigenvalue weighted by Gasteiger charge is -2.26. The molecule has 1 aromatic heterocycles. The Kier molecular flexibility index (Phi) is 2.45. The largest absolute Gasteiger partial charge is 0.398 e. The summed E-state index contributed by atoms with van der Waals surface area (Å²) in [4.78, 5) is 6.93. The maximum atomic E-state index is 6.25. The molecule has 0 saturated heterocycles. The summed E-state index contributed by atoms with van der Waals surface area (Å²) in [6.45, 7) is 1.89. The maximum Gasteiger partial charge on any atom is 0.0912 e. The first-order chi connectivity index (χ1) is 8.16. The van der Waals surface area contributed by atoms with Crippen molar-refractivity contribution in [3.63, 3.8) is 0 Å². The molecular weight excluding hydrogens is 234 g/mol. The molecule has 2 aromatic rings. The third kappa shape index (κ3) is 1.66. The van der Waals surface area contributed by atoms with Crippen molar-refractivity contribution in [3.05, 3.63) is 34.5 Å². The first-order valence-corrected chi connectivity index (χ1v) is 6.08. The van der Waals surface area contributed by atoms with Crippen LogP contribution < -0.4 is 5.73 Å². The molecule has 17 heavy (non-hydrogen) atoms. The van der Waals surface area contributed by atoms with Crippen LogP contribution in [0.3, 0.4) is 0 Å². The number of para-hydroxylation sites is 1. The van der Waals surface area contributed by atoms with Crippen LogP contribution in [-0.2, 0) is 13.0 Å². The summed E-state index contributed by atoms with van der Waals surface area (Å²) in [6.07, 6.45) is 0.942. The second-order valence-electron chi connectivity index (χ2n) is 4.57. The number of halogens is 1. The molecule has 3 rings (SSSR count).